The lowest BCUT2D eigenvalue weighted by Crippen LogP contribution is -2.30. The van der Waals surface area contributed by atoms with Crippen LogP contribution in [0.15, 0.2) is 39.1 Å². The molecule has 7 heteroatoms. The average molecular weight is 402 g/mol. The lowest BCUT2D eigenvalue weighted by molar-refractivity contribution is -0.127. The molecule has 1 aromatic carbocycles. The van der Waals surface area contributed by atoms with Crippen LogP contribution in [0.25, 0.3) is 5.69 Å². The summed E-state index contributed by atoms with van der Waals surface area (Å²) in [4.78, 5) is 33.1. The van der Waals surface area contributed by atoms with Crippen LogP contribution in [-0.2, 0) is 11.2 Å². The first-order valence-corrected chi connectivity index (χ1v) is 11.2. The van der Waals surface area contributed by atoms with Gasteiger partial charge in [-0.25, -0.2) is 4.98 Å². The standard InChI is InChI=1S/C20H23N3O2S2/c1-13-5-7-15(8-6-13)23-19(25)18-16(11-14(2)27-18)21-20(23)26-12-17(24)22-9-3-4-10-22/h5-8,14H,3-4,9-12H2,1-2H3/t14-/m1/s1. The van der Waals surface area contributed by atoms with Crippen molar-refractivity contribution in [2.45, 2.75) is 48.4 Å². The maximum absolute atomic E-state index is 13.2. The van der Waals surface area contributed by atoms with E-state index in [1.165, 1.54) is 11.8 Å². The number of hydrogen-bond acceptors (Lipinski definition) is 5. The zero-order chi connectivity index (χ0) is 19.0. The number of thioether (sulfide) groups is 2. The third-order valence-electron chi connectivity index (χ3n) is 4.96. The van der Waals surface area contributed by atoms with Gasteiger partial charge in [-0.1, -0.05) is 36.4 Å². The van der Waals surface area contributed by atoms with E-state index in [9.17, 15) is 9.59 Å². The number of aryl methyl sites for hydroxylation is 1. The molecule has 2 aliphatic rings. The van der Waals surface area contributed by atoms with Gasteiger partial charge in [0.1, 0.15) is 0 Å². The molecular weight excluding hydrogens is 378 g/mol. The molecule has 0 radical (unpaired) electrons. The summed E-state index contributed by atoms with van der Waals surface area (Å²) in [5.41, 5.74) is 2.80. The summed E-state index contributed by atoms with van der Waals surface area (Å²) in [5, 5.41) is 0.975. The largest absolute Gasteiger partial charge is 0.342 e. The molecule has 0 saturated carbocycles. The highest BCUT2D eigenvalue weighted by Gasteiger charge is 2.27. The van der Waals surface area contributed by atoms with Crippen molar-refractivity contribution in [3.8, 4) is 5.69 Å². The van der Waals surface area contributed by atoms with E-state index < -0.39 is 0 Å². The third kappa shape index (κ3) is 3.80. The van der Waals surface area contributed by atoms with Crippen molar-refractivity contribution in [1.82, 2.24) is 14.5 Å². The van der Waals surface area contributed by atoms with Crippen LogP contribution in [0.5, 0.6) is 0 Å². The van der Waals surface area contributed by atoms with Crippen LogP contribution in [0.2, 0.25) is 0 Å². The van der Waals surface area contributed by atoms with E-state index in [2.05, 4.69) is 6.92 Å². The van der Waals surface area contributed by atoms with Crippen LogP contribution in [0.3, 0.4) is 0 Å². The van der Waals surface area contributed by atoms with Crippen molar-refractivity contribution < 1.29 is 4.79 Å². The molecular formula is C20H23N3O2S2. The van der Waals surface area contributed by atoms with Gasteiger partial charge in [-0.05, 0) is 31.9 Å². The highest BCUT2D eigenvalue weighted by molar-refractivity contribution is 8.00. The van der Waals surface area contributed by atoms with E-state index in [0.29, 0.717) is 16.2 Å². The average Bonchev–Trinajstić information content (AvgIpc) is 3.30. The fourth-order valence-electron chi connectivity index (χ4n) is 3.50. The van der Waals surface area contributed by atoms with Crippen molar-refractivity contribution in [2.75, 3.05) is 18.8 Å². The monoisotopic (exact) mass is 401 g/mol. The fraction of sp³-hybridized carbons (Fsp3) is 0.450. The van der Waals surface area contributed by atoms with Gasteiger partial charge >= 0.3 is 0 Å². The zero-order valence-electron chi connectivity index (χ0n) is 15.6. The molecule has 3 heterocycles. The van der Waals surface area contributed by atoms with Gasteiger partial charge in [-0.15, -0.1) is 11.8 Å². The van der Waals surface area contributed by atoms with Crippen LogP contribution >= 0.6 is 23.5 Å². The Kier molecular flexibility index (Phi) is 5.32. The maximum Gasteiger partial charge on any atom is 0.272 e. The summed E-state index contributed by atoms with van der Waals surface area (Å²) >= 11 is 2.98. The Bertz CT molecular complexity index is 918. The van der Waals surface area contributed by atoms with E-state index in [1.807, 2.05) is 36.1 Å². The molecule has 0 bridgehead atoms. The van der Waals surface area contributed by atoms with Crippen LogP contribution in [0.4, 0.5) is 0 Å². The van der Waals surface area contributed by atoms with Crippen LogP contribution in [0, 0.1) is 6.92 Å². The number of likely N-dealkylation sites (tertiary alicyclic amines) is 1. The molecule has 142 valence electrons. The van der Waals surface area contributed by atoms with Gasteiger partial charge in [-0.3, -0.25) is 14.2 Å². The number of amides is 1. The van der Waals surface area contributed by atoms with Gasteiger partial charge in [0.15, 0.2) is 5.16 Å². The molecule has 1 atom stereocenters. The predicted molar refractivity (Wildman–Crippen MR) is 110 cm³/mol. The minimum atomic E-state index is -0.0191. The van der Waals surface area contributed by atoms with Gasteiger partial charge in [0.05, 0.1) is 22.0 Å². The summed E-state index contributed by atoms with van der Waals surface area (Å²) < 4.78 is 1.67. The minimum absolute atomic E-state index is 0.0191. The van der Waals surface area contributed by atoms with Gasteiger partial charge in [0, 0.05) is 24.8 Å². The molecule has 4 rings (SSSR count). The van der Waals surface area contributed by atoms with Crippen molar-refractivity contribution in [3.63, 3.8) is 0 Å². The normalized spacial score (nSPS) is 18.7. The molecule has 0 N–H and O–H groups in total. The predicted octanol–water partition coefficient (Wildman–Crippen LogP) is 3.29. The summed E-state index contributed by atoms with van der Waals surface area (Å²) in [6.07, 6.45) is 2.96. The van der Waals surface area contributed by atoms with E-state index in [4.69, 9.17) is 4.98 Å². The molecule has 0 unspecified atom stereocenters. The number of benzene rings is 1. The second kappa shape index (κ2) is 7.72. The minimum Gasteiger partial charge on any atom is -0.342 e. The number of nitrogens with zero attached hydrogens (tertiary/aromatic N) is 3. The first kappa shape index (κ1) is 18.6. The molecule has 1 aromatic heterocycles. The number of carbonyl (C=O) groups is 1. The SMILES string of the molecule is Cc1ccc(-n2c(SCC(=O)N3CCCC3)nc3c(c2=O)S[C@H](C)C3)cc1. The fourth-order valence-corrected chi connectivity index (χ4v) is 5.53. The Labute approximate surface area is 167 Å². The topological polar surface area (TPSA) is 55.2 Å². The first-order chi connectivity index (χ1) is 13.0. The molecule has 5 nitrogen and oxygen atoms in total. The lowest BCUT2D eigenvalue weighted by atomic mass is 10.2. The number of hydrogen-bond donors (Lipinski definition) is 0. The van der Waals surface area contributed by atoms with Gasteiger partial charge in [0.25, 0.3) is 5.56 Å². The first-order valence-electron chi connectivity index (χ1n) is 9.33. The summed E-state index contributed by atoms with van der Waals surface area (Å²) in [5.74, 6) is 0.449. The molecule has 0 aliphatic carbocycles. The lowest BCUT2D eigenvalue weighted by Gasteiger charge is -2.17. The summed E-state index contributed by atoms with van der Waals surface area (Å²) in [6.45, 7) is 5.83. The Hall–Kier alpha value is -1.73. The van der Waals surface area contributed by atoms with Crippen LogP contribution < -0.4 is 5.56 Å². The third-order valence-corrected chi connectivity index (χ3v) is 7.10. The summed E-state index contributed by atoms with van der Waals surface area (Å²) in [7, 11) is 0. The van der Waals surface area contributed by atoms with E-state index in [-0.39, 0.29) is 11.5 Å². The number of carbonyl (C=O) groups excluding carboxylic acids is 1. The number of rotatable bonds is 4. The number of aromatic nitrogens is 2. The van der Waals surface area contributed by atoms with Crippen molar-refractivity contribution in [2.24, 2.45) is 0 Å². The number of fused-ring (bicyclic) bond motifs is 1. The second-order valence-electron chi connectivity index (χ2n) is 7.16. The van der Waals surface area contributed by atoms with E-state index in [1.54, 1.807) is 16.3 Å². The van der Waals surface area contributed by atoms with Gasteiger partial charge in [-0.2, -0.15) is 0 Å². The Morgan fingerprint density at radius 1 is 1.26 bits per heavy atom. The van der Waals surface area contributed by atoms with E-state index >= 15 is 0 Å². The Morgan fingerprint density at radius 3 is 2.67 bits per heavy atom. The summed E-state index contributed by atoms with van der Waals surface area (Å²) in [6, 6.07) is 7.88. The maximum atomic E-state index is 13.2. The van der Waals surface area contributed by atoms with Crippen molar-refractivity contribution in [3.05, 3.63) is 45.9 Å². The second-order valence-corrected chi connectivity index (χ2v) is 9.55. The molecule has 2 aliphatic heterocycles. The molecule has 2 aromatic rings. The Morgan fingerprint density at radius 2 is 1.96 bits per heavy atom. The van der Waals surface area contributed by atoms with Crippen LogP contribution in [0.1, 0.15) is 31.0 Å². The molecule has 0 spiro atoms. The zero-order valence-corrected chi connectivity index (χ0v) is 17.2. The van der Waals surface area contributed by atoms with Gasteiger partial charge < -0.3 is 4.90 Å². The smallest absolute Gasteiger partial charge is 0.272 e. The molecule has 1 amide bonds. The van der Waals surface area contributed by atoms with Crippen molar-refractivity contribution in [1.29, 1.82) is 0 Å². The Balaban J connectivity index is 1.69. The molecule has 27 heavy (non-hydrogen) atoms. The quantitative estimate of drug-likeness (QED) is 0.581. The molecule has 1 saturated heterocycles. The van der Waals surface area contributed by atoms with E-state index in [0.717, 1.165) is 54.2 Å². The highest BCUT2D eigenvalue weighted by Crippen LogP contribution is 2.35. The van der Waals surface area contributed by atoms with Crippen LogP contribution in [-0.4, -0.2) is 44.5 Å². The molecule has 1 fully saturated rings. The van der Waals surface area contributed by atoms with Gasteiger partial charge in [0.2, 0.25) is 5.91 Å². The highest BCUT2D eigenvalue weighted by atomic mass is 32.2. The van der Waals surface area contributed by atoms with Crippen molar-refractivity contribution >= 4 is 29.4 Å².